The van der Waals surface area contributed by atoms with Crippen molar-refractivity contribution in [1.29, 1.82) is 0 Å². The van der Waals surface area contributed by atoms with Crippen LogP contribution in [0.25, 0.3) is 22.6 Å². The first-order valence-corrected chi connectivity index (χ1v) is 14.1. The maximum absolute atomic E-state index is 13.6. The number of nitrogens with one attached hydrogen (secondary N) is 1. The van der Waals surface area contributed by atoms with Gasteiger partial charge >= 0.3 is 0 Å². The molecular weight excluding hydrogens is 484 g/mol. The first-order valence-electron chi connectivity index (χ1n) is 13.2. The number of anilines is 1. The van der Waals surface area contributed by atoms with Crippen molar-refractivity contribution < 1.29 is 0 Å². The van der Waals surface area contributed by atoms with E-state index in [4.69, 9.17) is 9.97 Å². The predicted molar refractivity (Wildman–Crippen MR) is 143 cm³/mol. The van der Waals surface area contributed by atoms with Crippen molar-refractivity contribution in [3.05, 3.63) is 58.2 Å². The number of aromatic nitrogens is 7. The van der Waals surface area contributed by atoms with Gasteiger partial charge in [-0.25, -0.2) is 29.9 Å². The van der Waals surface area contributed by atoms with Gasteiger partial charge in [0.15, 0.2) is 17.3 Å². The molecule has 0 bridgehead atoms. The first-order chi connectivity index (χ1) is 18.2. The highest BCUT2D eigenvalue weighted by Gasteiger charge is 2.36. The van der Waals surface area contributed by atoms with E-state index in [0.29, 0.717) is 41.2 Å². The fourth-order valence-electron chi connectivity index (χ4n) is 4.82. The predicted octanol–water partition coefficient (Wildman–Crippen LogP) is 4.85. The molecule has 7 rings (SSSR count). The van der Waals surface area contributed by atoms with Crippen LogP contribution in [0.2, 0.25) is 0 Å². The van der Waals surface area contributed by atoms with Crippen LogP contribution in [0.3, 0.4) is 0 Å². The van der Waals surface area contributed by atoms with Crippen LogP contribution in [0.4, 0.5) is 5.82 Å². The van der Waals surface area contributed by atoms with E-state index in [9.17, 15) is 4.79 Å². The molecule has 0 atom stereocenters. The lowest BCUT2D eigenvalue weighted by molar-refractivity contribution is 0.723. The Labute approximate surface area is 218 Å². The molecular formula is C27H28N8OS. The van der Waals surface area contributed by atoms with Crippen LogP contribution in [-0.2, 0) is 6.54 Å². The molecule has 3 aliphatic rings. The molecule has 0 aromatic carbocycles. The van der Waals surface area contributed by atoms with Gasteiger partial charge in [-0.05, 0) is 55.9 Å². The SMILES string of the molecule is CCSc1ccc(CNc2nc3cnc(-c4c(C5CC5)ncnc4C4CC4)nc3n(C3CC3)c2=O)cn1. The van der Waals surface area contributed by atoms with E-state index >= 15 is 0 Å². The Bertz CT molecular complexity index is 1510. The lowest BCUT2D eigenvalue weighted by Crippen LogP contribution is -2.25. The van der Waals surface area contributed by atoms with Crippen LogP contribution < -0.4 is 10.9 Å². The van der Waals surface area contributed by atoms with Crippen LogP contribution in [-0.4, -0.2) is 40.2 Å². The van der Waals surface area contributed by atoms with Crippen molar-refractivity contribution in [2.24, 2.45) is 0 Å². The normalized spacial score (nSPS) is 17.3. The highest BCUT2D eigenvalue weighted by atomic mass is 32.2. The van der Waals surface area contributed by atoms with E-state index < -0.39 is 0 Å². The average molecular weight is 513 g/mol. The molecule has 3 saturated carbocycles. The van der Waals surface area contributed by atoms with Gasteiger partial charge in [0.05, 0.1) is 28.2 Å². The fraction of sp³-hybridized carbons (Fsp3) is 0.444. The third-order valence-electron chi connectivity index (χ3n) is 7.15. The molecule has 37 heavy (non-hydrogen) atoms. The number of hydrogen-bond donors (Lipinski definition) is 1. The molecule has 3 aliphatic carbocycles. The smallest absolute Gasteiger partial charge is 0.295 e. The number of hydrogen-bond acceptors (Lipinski definition) is 9. The zero-order valence-corrected chi connectivity index (χ0v) is 21.5. The first kappa shape index (κ1) is 22.8. The summed E-state index contributed by atoms with van der Waals surface area (Å²) in [4.78, 5) is 41.7. The molecule has 10 heteroatoms. The monoisotopic (exact) mass is 512 g/mol. The van der Waals surface area contributed by atoms with E-state index in [-0.39, 0.29) is 11.6 Å². The quantitative estimate of drug-likeness (QED) is 0.314. The summed E-state index contributed by atoms with van der Waals surface area (Å²) in [5, 5.41) is 4.24. The summed E-state index contributed by atoms with van der Waals surface area (Å²) in [7, 11) is 0. The minimum Gasteiger partial charge on any atom is -0.361 e. The van der Waals surface area contributed by atoms with Gasteiger partial charge in [-0.2, -0.15) is 0 Å². The standard InChI is InChI=1S/C27H28N8OS/c1-2-37-20-10-3-15(11-28-20)12-29-25-27(36)35(18-8-9-18)26-19(33-25)13-30-24(34-26)21-22(16-4-5-16)31-14-32-23(21)17-6-7-17/h3,10-11,13-14,16-18H,2,4-9,12H2,1H3,(H,29,33). The number of fused-ring (bicyclic) bond motifs is 1. The van der Waals surface area contributed by atoms with Gasteiger partial charge in [0.1, 0.15) is 11.8 Å². The van der Waals surface area contributed by atoms with E-state index in [1.54, 1.807) is 24.3 Å². The van der Waals surface area contributed by atoms with Gasteiger partial charge in [0.25, 0.3) is 5.56 Å². The van der Waals surface area contributed by atoms with Gasteiger partial charge in [-0.1, -0.05) is 13.0 Å². The molecule has 4 aromatic heterocycles. The highest BCUT2D eigenvalue weighted by Crippen LogP contribution is 2.48. The van der Waals surface area contributed by atoms with Crippen LogP contribution in [0, 0.1) is 0 Å². The molecule has 0 radical (unpaired) electrons. The minimum atomic E-state index is -0.139. The maximum atomic E-state index is 13.6. The summed E-state index contributed by atoms with van der Waals surface area (Å²) in [5.41, 5.74) is 5.15. The van der Waals surface area contributed by atoms with E-state index in [1.165, 1.54) is 0 Å². The fourth-order valence-corrected chi connectivity index (χ4v) is 5.41. The third kappa shape index (κ3) is 4.47. The Morgan fingerprint density at radius 1 is 0.946 bits per heavy atom. The van der Waals surface area contributed by atoms with Crippen molar-refractivity contribution in [2.45, 2.75) is 74.9 Å². The minimum absolute atomic E-state index is 0.139. The summed E-state index contributed by atoms with van der Waals surface area (Å²) in [6, 6.07) is 4.19. The molecule has 0 amide bonds. The van der Waals surface area contributed by atoms with Crippen LogP contribution in [0.5, 0.6) is 0 Å². The van der Waals surface area contributed by atoms with Crippen molar-refractivity contribution in [2.75, 3.05) is 11.1 Å². The molecule has 1 N–H and O–H groups in total. The molecule has 4 heterocycles. The lowest BCUT2D eigenvalue weighted by atomic mass is 10.0. The van der Waals surface area contributed by atoms with Crippen molar-refractivity contribution in [3.8, 4) is 11.4 Å². The molecule has 3 fully saturated rings. The van der Waals surface area contributed by atoms with Gasteiger partial charge in [0, 0.05) is 30.6 Å². The van der Waals surface area contributed by atoms with Crippen LogP contribution in [0.15, 0.2) is 40.7 Å². The second kappa shape index (κ2) is 9.16. The Kier molecular flexibility index (Phi) is 5.64. The van der Waals surface area contributed by atoms with Gasteiger partial charge in [-0.15, -0.1) is 11.8 Å². The Morgan fingerprint density at radius 2 is 1.70 bits per heavy atom. The maximum Gasteiger partial charge on any atom is 0.295 e. The molecule has 9 nitrogen and oxygen atoms in total. The summed E-state index contributed by atoms with van der Waals surface area (Å²) < 4.78 is 1.81. The van der Waals surface area contributed by atoms with Crippen molar-refractivity contribution in [3.63, 3.8) is 0 Å². The summed E-state index contributed by atoms with van der Waals surface area (Å²) in [6.45, 7) is 2.58. The number of thioether (sulfide) groups is 1. The number of pyridine rings is 1. The van der Waals surface area contributed by atoms with E-state index in [2.05, 4.69) is 32.2 Å². The zero-order chi connectivity index (χ0) is 24.9. The topological polar surface area (TPSA) is 111 Å². The molecule has 0 aliphatic heterocycles. The van der Waals surface area contributed by atoms with Crippen LogP contribution in [0.1, 0.15) is 80.3 Å². The molecule has 0 saturated heterocycles. The number of nitrogens with zero attached hydrogens (tertiary/aromatic N) is 7. The van der Waals surface area contributed by atoms with Gasteiger partial charge in [-0.3, -0.25) is 9.36 Å². The van der Waals surface area contributed by atoms with E-state index in [0.717, 1.165) is 71.8 Å². The van der Waals surface area contributed by atoms with E-state index in [1.807, 2.05) is 22.9 Å². The Hall–Kier alpha value is -3.40. The Morgan fingerprint density at radius 3 is 2.32 bits per heavy atom. The Balaban J connectivity index is 1.27. The average Bonchev–Trinajstić information content (AvgIpc) is 3.77. The van der Waals surface area contributed by atoms with Crippen LogP contribution >= 0.6 is 11.8 Å². The molecule has 4 aromatic rings. The highest BCUT2D eigenvalue weighted by molar-refractivity contribution is 7.99. The lowest BCUT2D eigenvalue weighted by Gasteiger charge is -2.15. The number of rotatable bonds is 9. The second-order valence-corrected chi connectivity index (χ2v) is 11.4. The molecule has 188 valence electrons. The van der Waals surface area contributed by atoms with Gasteiger partial charge in [0.2, 0.25) is 0 Å². The van der Waals surface area contributed by atoms with Crippen molar-refractivity contribution >= 4 is 28.7 Å². The summed E-state index contributed by atoms with van der Waals surface area (Å²) >= 11 is 1.71. The summed E-state index contributed by atoms with van der Waals surface area (Å²) in [5.74, 6) is 2.83. The second-order valence-electron chi connectivity index (χ2n) is 10.1. The summed E-state index contributed by atoms with van der Waals surface area (Å²) in [6.07, 6.45) is 11.8. The molecule has 0 unspecified atom stereocenters. The molecule has 0 spiro atoms. The van der Waals surface area contributed by atoms with Crippen molar-refractivity contribution in [1.82, 2.24) is 34.5 Å². The largest absolute Gasteiger partial charge is 0.361 e. The van der Waals surface area contributed by atoms with Gasteiger partial charge < -0.3 is 5.32 Å². The third-order valence-corrected chi connectivity index (χ3v) is 7.98. The zero-order valence-electron chi connectivity index (χ0n) is 20.7.